The summed E-state index contributed by atoms with van der Waals surface area (Å²) >= 11 is 0. The fourth-order valence-electron chi connectivity index (χ4n) is 2.79. The maximum atomic E-state index is 4.51. The molecule has 1 heterocycles. The van der Waals surface area contributed by atoms with Crippen LogP contribution in [-0.4, -0.2) is 4.98 Å². The van der Waals surface area contributed by atoms with E-state index in [2.05, 4.69) is 37.2 Å². The number of aromatic nitrogens is 1. The van der Waals surface area contributed by atoms with Crippen molar-refractivity contribution in [3.05, 3.63) is 29.6 Å². The van der Waals surface area contributed by atoms with Gasteiger partial charge in [-0.05, 0) is 55.6 Å². The minimum absolute atomic E-state index is 0.779. The highest BCUT2D eigenvalue weighted by Gasteiger charge is 2.21. The zero-order valence-corrected chi connectivity index (χ0v) is 10.6. The lowest BCUT2D eigenvalue weighted by atomic mass is 9.78. The molecule has 1 saturated carbocycles. The van der Waals surface area contributed by atoms with Gasteiger partial charge in [0.2, 0.25) is 0 Å². The molecule has 0 bridgehead atoms. The van der Waals surface area contributed by atoms with Gasteiger partial charge in [0, 0.05) is 11.9 Å². The molecular weight excluding hydrogens is 194 g/mol. The highest BCUT2D eigenvalue weighted by molar-refractivity contribution is 5.18. The second-order valence-electron chi connectivity index (χ2n) is 5.06. The lowest BCUT2D eigenvalue weighted by molar-refractivity contribution is 0.318. The average molecular weight is 217 g/mol. The molecule has 88 valence electrons. The topological polar surface area (TPSA) is 12.9 Å². The van der Waals surface area contributed by atoms with Gasteiger partial charge in [0.25, 0.3) is 0 Å². The van der Waals surface area contributed by atoms with Crippen LogP contribution in [0.25, 0.3) is 0 Å². The van der Waals surface area contributed by atoms with E-state index in [1.54, 1.807) is 0 Å². The second-order valence-corrected chi connectivity index (χ2v) is 5.06. The Labute approximate surface area is 99.3 Å². The van der Waals surface area contributed by atoms with E-state index in [0.717, 1.165) is 18.3 Å². The van der Waals surface area contributed by atoms with Crippen LogP contribution in [0.2, 0.25) is 0 Å². The summed E-state index contributed by atoms with van der Waals surface area (Å²) in [5.41, 5.74) is 2.68. The highest BCUT2D eigenvalue weighted by Crippen LogP contribution is 2.36. The third-order valence-electron chi connectivity index (χ3n) is 4.11. The molecule has 1 nitrogen and oxygen atoms in total. The number of hydrogen-bond donors (Lipinski definition) is 0. The van der Waals surface area contributed by atoms with Crippen LogP contribution in [0, 0.1) is 5.92 Å². The highest BCUT2D eigenvalue weighted by atomic mass is 14.7. The second kappa shape index (κ2) is 5.47. The summed E-state index contributed by atoms with van der Waals surface area (Å²) in [6.45, 7) is 4.48. The minimum atomic E-state index is 0.779. The molecule has 2 rings (SSSR count). The first-order chi connectivity index (χ1) is 7.83. The van der Waals surface area contributed by atoms with Crippen molar-refractivity contribution >= 4 is 0 Å². The lowest BCUT2D eigenvalue weighted by Gasteiger charge is -2.27. The van der Waals surface area contributed by atoms with Gasteiger partial charge in [0.05, 0.1) is 0 Å². The van der Waals surface area contributed by atoms with Gasteiger partial charge < -0.3 is 0 Å². The standard InChI is InChI=1S/C15H23N/c1-3-12-5-7-13(8-6-12)14-9-10-15(4-2)16-11-14/h9-13H,3-8H2,1-2H3. The summed E-state index contributed by atoms with van der Waals surface area (Å²) in [6.07, 6.45) is 10.1. The molecule has 1 heteroatoms. The summed E-state index contributed by atoms with van der Waals surface area (Å²) in [5, 5.41) is 0. The normalized spacial score (nSPS) is 25.6. The average Bonchev–Trinajstić information content (AvgIpc) is 2.39. The SMILES string of the molecule is CCc1ccc(C2CCC(CC)CC2)cn1. The van der Waals surface area contributed by atoms with Gasteiger partial charge in [-0.15, -0.1) is 0 Å². The van der Waals surface area contributed by atoms with E-state index in [0.29, 0.717) is 0 Å². The maximum Gasteiger partial charge on any atom is 0.0401 e. The van der Waals surface area contributed by atoms with E-state index in [-0.39, 0.29) is 0 Å². The molecule has 0 amide bonds. The van der Waals surface area contributed by atoms with Gasteiger partial charge >= 0.3 is 0 Å². The van der Waals surface area contributed by atoms with Gasteiger partial charge in [-0.1, -0.05) is 26.3 Å². The largest absolute Gasteiger partial charge is 0.261 e. The number of aryl methyl sites for hydroxylation is 1. The number of hydrogen-bond acceptors (Lipinski definition) is 1. The van der Waals surface area contributed by atoms with Crippen molar-refractivity contribution < 1.29 is 0 Å². The van der Waals surface area contributed by atoms with Gasteiger partial charge in [-0.25, -0.2) is 0 Å². The fourth-order valence-corrected chi connectivity index (χ4v) is 2.79. The van der Waals surface area contributed by atoms with E-state index in [1.165, 1.54) is 43.4 Å². The molecule has 1 fully saturated rings. The Balaban J connectivity index is 1.97. The monoisotopic (exact) mass is 217 g/mol. The van der Waals surface area contributed by atoms with Crippen molar-refractivity contribution in [1.29, 1.82) is 0 Å². The first-order valence-corrected chi connectivity index (χ1v) is 6.78. The lowest BCUT2D eigenvalue weighted by Crippen LogP contribution is -2.12. The predicted molar refractivity (Wildman–Crippen MR) is 68.6 cm³/mol. The third kappa shape index (κ3) is 2.63. The number of pyridine rings is 1. The molecule has 1 aromatic heterocycles. The molecular formula is C15H23N. The van der Waals surface area contributed by atoms with Crippen LogP contribution in [0.4, 0.5) is 0 Å². The molecule has 0 saturated heterocycles. The summed E-state index contributed by atoms with van der Waals surface area (Å²) in [6, 6.07) is 4.49. The van der Waals surface area contributed by atoms with Crippen molar-refractivity contribution in [2.45, 2.75) is 58.3 Å². The van der Waals surface area contributed by atoms with Gasteiger partial charge in [-0.3, -0.25) is 4.98 Å². The number of rotatable bonds is 3. The van der Waals surface area contributed by atoms with E-state index in [1.807, 2.05) is 0 Å². The number of nitrogens with zero attached hydrogens (tertiary/aromatic N) is 1. The van der Waals surface area contributed by atoms with E-state index in [9.17, 15) is 0 Å². The van der Waals surface area contributed by atoms with Gasteiger partial charge in [-0.2, -0.15) is 0 Å². The molecule has 1 aromatic rings. The maximum absolute atomic E-state index is 4.51. The quantitative estimate of drug-likeness (QED) is 0.734. The Kier molecular flexibility index (Phi) is 3.98. The van der Waals surface area contributed by atoms with Crippen LogP contribution in [0.3, 0.4) is 0 Å². The van der Waals surface area contributed by atoms with Crippen LogP contribution >= 0.6 is 0 Å². The summed E-state index contributed by atoms with van der Waals surface area (Å²) in [4.78, 5) is 4.51. The molecule has 0 spiro atoms. The fraction of sp³-hybridized carbons (Fsp3) is 0.667. The summed E-state index contributed by atoms with van der Waals surface area (Å²) in [5.74, 6) is 1.76. The smallest absolute Gasteiger partial charge is 0.0401 e. The Morgan fingerprint density at radius 2 is 1.88 bits per heavy atom. The zero-order chi connectivity index (χ0) is 11.4. The van der Waals surface area contributed by atoms with Crippen molar-refractivity contribution in [2.24, 2.45) is 5.92 Å². The minimum Gasteiger partial charge on any atom is -0.261 e. The summed E-state index contributed by atoms with van der Waals surface area (Å²) in [7, 11) is 0. The molecule has 0 atom stereocenters. The van der Waals surface area contributed by atoms with Gasteiger partial charge in [0.15, 0.2) is 0 Å². The Bertz CT molecular complexity index is 307. The predicted octanol–water partition coefficient (Wildman–Crippen LogP) is 4.33. The van der Waals surface area contributed by atoms with Crippen molar-refractivity contribution in [3.63, 3.8) is 0 Å². The first-order valence-electron chi connectivity index (χ1n) is 6.78. The zero-order valence-electron chi connectivity index (χ0n) is 10.6. The third-order valence-corrected chi connectivity index (χ3v) is 4.11. The Hall–Kier alpha value is -0.850. The molecule has 0 unspecified atom stereocenters. The molecule has 1 aliphatic carbocycles. The molecule has 0 N–H and O–H groups in total. The van der Waals surface area contributed by atoms with E-state index < -0.39 is 0 Å². The van der Waals surface area contributed by atoms with Crippen molar-refractivity contribution in [3.8, 4) is 0 Å². The van der Waals surface area contributed by atoms with E-state index in [4.69, 9.17) is 0 Å². The first kappa shape index (κ1) is 11.6. The Morgan fingerprint density at radius 3 is 2.38 bits per heavy atom. The van der Waals surface area contributed by atoms with E-state index >= 15 is 0 Å². The Morgan fingerprint density at radius 1 is 1.12 bits per heavy atom. The van der Waals surface area contributed by atoms with Crippen LogP contribution in [0.5, 0.6) is 0 Å². The van der Waals surface area contributed by atoms with Crippen LogP contribution in [0.15, 0.2) is 18.3 Å². The van der Waals surface area contributed by atoms with Crippen LogP contribution < -0.4 is 0 Å². The van der Waals surface area contributed by atoms with Crippen molar-refractivity contribution in [1.82, 2.24) is 4.98 Å². The molecule has 16 heavy (non-hydrogen) atoms. The molecule has 1 aliphatic rings. The van der Waals surface area contributed by atoms with Gasteiger partial charge in [0.1, 0.15) is 0 Å². The van der Waals surface area contributed by atoms with Crippen LogP contribution in [0.1, 0.15) is 63.1 Å². The summed E-state index contributed by atoms with van der Waals surface area (Å²) < 4.78 is 0. The molecule has 0 aromatic carbocycles. The molecule has 0 radical (unpaired) electrons. The van der Waals surface area contributed by atoms with Crippen LogP contribution in [-0.2, 0) is 6.42 Å². The molecule has 0 aliphatic heterocycles. The van der Waals surface area contributed by atoms with Crippen molar-refractivity contribution in [2.75, 3.05) is 0 Å².